The molecule has 1 aliphatic heterocycles. The van der Waals surface area contributed by atoms with Crippen LogP contribution in [0.1, 0.15) is 13.8 Å². The molecule has 1 saturated heterocycles. The molecule has 2 rings (SSSR count). The number of hydrogen-bond donors (Lipinski definition) is 1. The maximum atomic E-state index is 4.18. The van der Waals surface area contributed by atoms with Crippen LogP contribution in [0.25, 0.3) is 0 Å². The summed E-state index contributed by atoms with van der Waals surface area (Å²) in [5.41, 5.74) is 0. The maximum Gasteiger partial charge on any atom is 0.144 e. The van der Waals surface area contributed by atoms with E-state index in [1.54, 1.807) is 18.6 Å². The van der Waals surface area contributed by atoms with E-state index >= 15 is 0 Å². The first-order valence-electron chi connectivity index (χ1n) is 5.02. The van der Waals surface area contributed by atoms with Crippen molar-refractivity contribution in [3.63, 3.8) is 0 Å². The molecule has 4 nitrogen and oxygen atoms in total. The van der Waals surface area contributed by atoms with Crippen molar-refractivity contribution >= 4 is 5.82 Å². The molecule has 0 spiro atoms. The van der Waals surface area contributed by atoms with E-state index in [1.165, 1.54) is 0 Å². The Kier molecular flexibility index (Phi) is 2.63. The Morgan fingerprint density at radius 2 is 2.21 bits per heavy atom. The van der Waals surface area contributed by atoms with Gasteiger partial charge in [0.15, 0.2) is 0 Å². The van der Waals surface area contributed by atoms with Gasteiger partial charge in [0, 0.05) is 31.5 Å². The molecule has 14 heavy (non-hydrogen) atoms. The molecule has 1 aliphatic rings. The summed E-state index contributed by atoms with van der Waals surface area (Å²) < 4.78 is 0. The highest BCUT2D eigenvalue weighted by atomic mass is 15.3. The Bertz CT molecular complexity index is 279. The summed E-state index contributed by atoms with van der Waals surface area (Å²) in [6, 6.07) is 1.18. The van der Waals surface area contributed by atoms with Crippen molar-refractivity contribution in [2.24, 2.45) is 0 Å². The minimum Gasteiger partial charge on any atom is -0.363 e. The Labute approximate surface area is 84.4 Å². The number of anilines is 1. The minimum absolute atomic E-state index is 0.536. The summed E-state index contributed by atoms with van der Waals surface area (Å²) >= 11 is 0. The predicted octanol–water partition coefficient (Wildman–Crippen LogP) is 0.981. The fourth-order valence-electron chi connectivity index (χ4n) is 1.61. The molecule has 76 valence electrons. The summed E-state index contributed by atoms with van der Waals surface area (Å²) in [6.07, 6.45) is 5.16. The second-order valence-corrected chi connectivity index (χ2v) is 3.98. The van der Waals surface area contributed by atoms with Crippen LogP contribution < -0.4 is 5.32 Å². The Hall–Kier alpha value is -1.16. The lowest BCUT2D eigenvalue weighted by molar-refractivity contribution is 0.122. The van der Waals surface area contributed by atoms with Gasteiger partial charge in [0.25, 0.3) is 0 Å². The van der Waals surface area contributed by atoms with Crippen molar-refractivity contribution in [3.8, 4) is 0 Å². The molecule has 0 atom stereocenters. The van der Waals surface area contributed by atoms with Crippen molar-refractivity contribution in [2.75, 3.05) is 18.4 Å². The summed E-state index contributed by atoms with van der Waals surface area (Å²) in [5.74, 6) is 0.876. The van der Waals surface area contributed by atoms with Gasteiger partial charge >= 0.3 is 0 Å². The third kappa shape index (κ3) is 2.01. The first-order valence-corrected chi connectivity index (χ1v) is 5.02. The van der Waals surface area contributed by atoms with Gasteiger partial charge in [-0.3, -0.25) is 9.88 Å². The van der Waals surface area contributed by atoms with Gasteiger partial charge in [-0.1, -0.05) is 0 Å². The van der Waals surface area contributed by atoms with Crippen LogP contribution in [0.4, 0.5) is 5.82 Å². The standard InChI is InChI=1S/C10H16N4/c1-8(2)14-6-9(7-14)13-10-5-11-3-4-12-10/h3-5,8-9H,6-7H2,1-2H3,(H,12,13). The molecule has 4 heteroatoms. The van der Waals surface area contributed by atoms with Gasteiger partial charge in [0.1, 0.15) is 5.82 Å². The minimum atomic E-state index is 0.536. The van der Waals surface area contributed by atoms with Gasteiger partial charge in [-0.2, -0.15) is 0 Å². The summed E-state index contributed by atoms with van der Waals surface area (Å²) in [5, 5.41) is 3.35. The third-order valence-electron chi connectivity index (χ3n) is 2.56. The smallest absolute Gasteiger partial charge is 0.144 e. The van der Waals surface area contributed by atoms with Crippen LogP contribution in [-0.4, -0.2) is 40.0 Å². The Morgan fingerprint density at radius 3 is 2.79 bits per heavy atom. The highest BCUT2D eigenvalue weighted by Gasteiger charge is 2.28. The number of nitrogens with zero attached hydrogens (tertiary/aromatic N) is 3. The molecule has 0 aromatic carbocycles. The van der Waals surface area contributed by atoms with Gasteiger partial charge < -0.3 is 5.32 Å². The fraction of sp³-hybridized carbons (Fsp3) is 0.600. The van der Waals surface area contributed by atoms with Gasteiger partial charge in [0.05, 0.1) is 12.2 Å². The largest absolute Gasteiger partial charge is 0.363 e. The van der Waals surface area contributed by atoms with Crippen LogP contribution in [0, 0.1) is 0 Å². The number of likely N-dealkylation sites (tertiary alicyclic amines) is 1. The first-order chi connectivity index (χ1) is 6.75. The maximum absolute atomic E-state index is 4.18. The molecule has 0 bridgehead atoms. The van der Waals surface area contributed by atoms with Crippen LogP contribution >= 0.6 is 0 Å². The highest BCUT2D eigenvalue weighted by molar-refractivity contribution is 5.32. The molecule has 0 unspecified atom stereocenters. The van der Waals surface area contributed by atoms with Crippen molar-refractivity contribution in [1.29, 1.82) is 0 Å². The molecule has 2 heterocycles. The van der Waals surface area contributed by atoms with E-state index in [-0.39, 0.29) is 0 Å². The van der Waals surface area contributed by atoms with Crippen LogP contribution in [-0.2, 0) is 0 Å². The lowest BCUT2D eigenvalue weighted by Gasteiger charge is -2.42. The summed E-state index contributed by atoms with van der Waals surface area (Å²) in [6.45, 7) is 6.65. The van der Waals surface area contributed by atoms with Crippen LogP contribution in [0.5, 0.6) is 0 Å². The zero-order chi connectivity index (χ0) is 9.97. The van der Waals surface area contributed by atoms with Gasteiger partial charge in [-0.05, 0) is 13.8 Å². The number of aromatic nitrogens is 2. The van der Waals surface area contributed by atoms with Crippen molar-refractivity contribution in [3.05, 3.63) is 18.6 Å². The molecular formula is C10H16N4. The lowest BCUT2D eigenvalue weighted by atomic mass is 10.1. The van der Waals surface area contributed by atoms with E-state index in [0.717, 1.165) is 18.9 Å². The van der Waals surface area contributed by atoms with E-state index < -0.39 is 0 Å². The van der Waals surface area contributed by atoms with Crippen LogP contribution in [0.2, 0.25) is 0 Å². The second-order valence-electron chi connectivity index (χ2n) is 3.98. The molecule has 1 aromatic rings. The molecule has 1 N–H and O–H groups in total. The molecule has 0 saturated carbocycles. The highest BCUT2D eigenvalue weighted by Crippen LogP contribution is 2.15. The van der Waals surface area contributed by atoms with Gasteiger partial charge in [-0.25, -0.2) is 4.98 Å². The predicted molar refractivity (Wildman–Crippen MR) is 56.2 cm³/mol. The average molecular weight is 192 g/mol. The average Bonchev–Trinajstić information content (AvgIpc) is 2.12. The van der Waals surface area contributed by atoms with Crippen molar-refractivity contribution in [1.82, 2.24) is 14.9 Å². The van der Waals surface area contributed by atoms with E-state index in [0.29, 0.717) is 12.1 Å². The molecular weight excluding hydrogens is 176 g/mol. The van der Waals surface area contributed by atoms with Gasteiger partial charge in [0.2, 0.25) is 0 Å². The number of nitrogens with one attached hydrogen (secondary N) is 1. The fourth-order valence-corrected chi connectivity index (χ4v) is 1.61. The zero-order valence-electron chi connectivity index (χ0n) is 8.64. The van der Waals surface area contributed by atoms with E-state index in [9.17, 15) is 0 Å². The molecule has 0 radical (unpaired) electrons. The molecule has 0 aliphatic carbocycles. The molecule has 1 fully saturated rings. The SMILES string of the molecule is CC(C)N1CC(Nc2cnccn2)C1. The van der Waals surface area contributed by atoms with E-state index in [2.05, 4.69) is 34.0 Å². The van der Waals surface area contributed by atoms with Crippen molar-refractivity contribution in [2.45, 2.75) is 25.9 Å². The third-order valence-corrected chi connectivity index (χ3v) is 2.56. The topological polar surface area (TPSA) is 41.0 Å². The Balaban J connectivity index is 1.80. The quantitative estimate of drug-likeness (QED) is 0.775. The molecule has 1 aromatic heterocycles. The van der Waals surface area contributed by atoms with E-state index in [1.807, 2.05) is 0 Å². The summed E-state index contributed by atoms with van der Waals surface area (Å²) in [4.78, 5) is 10.6. The van der Waals surface area contributed by atoms with Crippen molar-refractivity contribution < 1.29 is 0 Å². The molecule has 0 amide bonds. The van der Waals surface area contributed by atoms with Crippen LogP contribution in [0.3, 0.4) is 0 Å². The Morgan fingerprint density at radius 1 is 1.43 bits per heavy atom. The van der Waals surface area contributed by atoms with E-state index in [4.69, 9.17) is 0 Å². The van der Waals surface area contributed by atoms with Gasteiger partial charge in [-0.15, -0.1) is 0 Å². The monoisotopic (exact) mass is 192 g/mol. The normalized spacial score (nSPS) is 18.2. The first kappa shape index (κ1) is 9.40. The summed E-state index contributed by atoms with van der Waals surface area (Å²) in [7, 11) is 0. The lowest BCUT2D eigenvalue weighted by Crippen LogP contribution is -2.57. The number of rotatable bonds is 3. The second kappa shape index (κ2) is 3.92. The zero-order valence-corrected chi connectivity index (χ0v) is 8.64. The van der Waals surface area contributed by atoms with Crippen LogP contribution in [0.15, 0.2) is 18.6 Å². The number of hydrogen-bond acceptors (Lipinski definition) is 4.